The van der Waals surface area contributed by atoms with Crippen molar-refractivity contribution in [3.63, 3.8) is 0 Å². The molecule has 3 aliphatic heterocycles. The Morgan fingerprint density at radius 3 is 3.03 bits per heavy atom. The third-order valence-electron chi connectivity index (χ3n) is 5.90. The summed E-state index contributed by atoms with van der Waals surface area (Å²) in [6.45, 7) is 2.45. The second-order valence-corrected chi connectivity index (χ2v) is 7.69. The Morgan fingerprint density at radius 1 is 1.41 bits per heavy atom. The van der Waals surface area contributed by atoms with E-state index in [4.69, 9.17) is 14.0 Å². The summed E-state index contributed by atoms with van der Waals surface area (Å²) >= 11 is 0. The average molecular weight is 395 g/mol. The highest BCUT2D eigenvalue weighted by Gasteiger charge is 2.67. The molecule has 2 saturated heterocycles. The van der Waals surface area contributed by atoms with Gasteiger partial charge in [-0.3, -0.25) is 14.5 Å². The maximum atomic E-state index is 13.2. The first-order valence-electron chi connectivity index (χ1n) is 9.53. The number of rotatable bonds is 5. The Hall–Kier alpha value is -3.13. The molecular formula is C21H21N3O5. The van der Waals surface area contributed by atoms with E-state index >= 15 is 0 Å². The van der Waals surface area contributed by atoms with Gasteiger partial charge in [-0.1, -0.05) is 29.4 Å². The lowest BCUT2D eigenvalue weighted by Gasteiger charge is -2.23. The van der Waals surface area contributed by atoms with E-state index in [2.05, 4.69) is 10.5 Å². The van der Waals surface area contributed by atoms with E-state index in [0.717, 1.165) is 11.3 Å². The summed E-state index contributed by atoms with van der Waals surface area (Å²) in [7, 11) is 1.60. The van der Waals surface area contributed by atoms with Gasteiger partial charge in [-0.2, -0.15) is 0 Å². The number of ether oxygens (including phenoxy) is 2. The molecule has 2 bridgehead atoms. The lowest BCUT2D eigenvalue weighted by atomic mass is 9.77. The molecule has 2 fully saturated rings. The minimum Gasteiger partial charge on any atom is -0.497 e. The van der Waals surface area contributed by atoms with E-state index in [-0.39, 0.29) is 11.8 Å². The number of carbonyl (C=O) groups is 2. The molecule has 150 valence electrons. The van der Waals surface area contributed by atoms with E-state index in [0.29, 0.717) is 24.7 Å². The van der Waals surface area contributed by atoms with Crippen LogP contribution in [-0.4, -0.2) is 42.3 Å². The van der Waals surface area contributed by atoms with Crippen molar-refractivity contribution in [3.8, 4) is 5.75 Å². The van der Waals surface area contributed by atoms with E-state index in [1.165, 1.54) is 0 Å². The summed E-state index contributed by atoms with van der Waals surface area (Å²) in [6, 6.07) is 9.22. The summed E-state index contributed by atoms with van der Waals surface area (Å²) < 4.78 is 16.5. The zero-order valence-electron chi connectivity index (χ0n) is 16.1. The van der Waals surface area contributed by atoms with Crippen molar-refractivity contribution in [2.45, 2.75) is 25.2 Å². The summed E-state index contributed by atoms with van der Waals surface area (Å²) in [5.74, 6) is 0.303. The van der Waals surface area contributed by atoms with Gasteiger partial charge in [-0.05, 0) is 24.6 Å². The van der Waals surface area contributed by atoms with Gasteiger partial charge >= 0.3 is 0 Å². The zero-order chi connectivity index (χ0) is 20.2. The molecular weight excluding hydrogens is 374 g/mol. The molecule has 8 heteroatoms. The number of nitrogens with zero attached hydrogens (tertiary/aromatic N) is 2. The molecule has 0 aliphatic carbocycles. The van der Waals surface area contributed by atoms with Gasteiger partial charge in [0.2, 0.25) is 11.8 Å². The number of aryl methyl sites for hydroxylation is 1. The number of methoxy groups -OCH3 is 1. The molecule has 0 radical (unpaired) electrons. The maximum Gasteiger partial charge on any atom is 0.235 e. The molecule has 1 spiro atoms. The summed E-state index contributed by atoms with van der Waals surface area (Å²) in [6.07, 6.45) is 3.41. The van der Waals surface area contributed by atoms with Gasteiger partial charge in [0.15, 0.2) is 5.82 Å². The fraction of sp³-hybridized carbons (Fsp3) is 0.381. The Morgan fingerprint density at radius 2 is 2.28 bits per heavy atom. The molecule has 4 atom stereocenters. The first-order valence-corrected chi connectivity index (χ1v) is 9.53. The topological polar surface area (TPSA) is 93.9 Å². The van der Waals surface area contributed by atoms with Crippen molar-refractivity contribution in [1.82, 2.24) is 10.5 Å². The molecule has 0 saturated carbocycles. The van der Waals surface area contributed by atoms with Crippen LogP contribution in [0.1, 0.15) is 11.3 Å². The molecule has 3 aliphatic rings. The molecule has 1 N–H and O–H groups in total. The Bertz CT molecular complexity index is 1020. The monoisotopic (exact) mass is 395 g/mol. The van der Waals surface area contributed by atoms with Gasteiger partial charge in [0.25, 0.3) is 0 Å². The lowest BCUT2D eigenvalue weighted by molar-refractivity contribution is -0.132. The smallest absolute Gasteiger partial charge is 0.235 e. The van der Waals surface area contributed by atoms with Crippen molar-refractivity contribution in [1.29, 1.82) is 0 Å². The van der Waals surface area contributed by atoms with Crippen molar-refractivity contribution in [2.75, 3.05) is 18.6 Å². The van der Waals surface area contributed by atoms with Crippen LogP contribution in [0.5, 0.6) is 5.75 Å². The van der Waals surface area contributed by atoms with E-state index < -0.39 is 23.5 Å². The van der Waals surface area contributed by atoms with Gasteiger partial charge in [0, 0.05) is 12.6 Å². The van der Waals surface area contributed by atoms with Crippen LogP contribution >= 0.6 is 0 Å². The van der Waals surface area contributed by atoms with Gasteiger partial charge in [-0.15, -0.1) is 0 Å². The van der Waals surface area contributed by atoms with E-state index in [1.54, 1.807) is 25.0 Å². The molecule has 1 aromatic carbocycles. The molecule has 3 unspecified atom stereocenters. The van der Waals surface area contributed by atoms with Crippen LogP contribution in [0.4, 0.5) is 5.82 Å². The Kier molecular flexibility index (Phi) is 3.99. The largest absolute Gasteiger partial charge is 0.497 e. The predicted molar refractivity (Wildman–Crippen MR) is 102 cm³/mol. The standard InChI is InChI=1S/C21H21N3O5/c1-12-8-16(23-29-12)24-11-21-7-6-15(28-21)17(18(21)20(24)26)19(25)22-10-13-4-3-5-14(9-13)27-2/h3-9,15,17-18H,10-11H2,1-2H3,(H,22,25)/t15?,17?,18?,21-/m0/s1. The van der Waals surface area contributed by atoms with Crippen LogP contribution in [0.3, 0.4) is 0 Å². The number of hydrogen-bond donors (Lipinski definition) is 1. The molecule has 29 heavy (non-hydrogen) atoms. The van der Waals surface area contributed by atoms with Crippen LogP contribution in [0.2, 0.25) is 0 Å². The van der Waals surface area contributed by atoms with Crippen LogP contribution < -0.4 is 15.0 Å². The van der Waals surface area contributed by atoms with Gasteiger partial charge in [-0.25, -0.2) is 0 Å². The Labute approximate surface area is 167 Å². The number of amides is 2. The van der Waals surface area contributed by atoms with Crippen molar-refractivity contribution >= 4 is 17.6 Å². The molecule has 4 heterocycles. The van der Waals surface area contributed by atoms with Crippen LogP contribution in [0.15, 0.2) is 47.0 Å². The lowest BCUT2D eigenvalue weighted by Crippen LogP contribution is -2.44. The summed E-state index contributed by atoms with van der Waals surface area (Å²) in [5.41, 5.74) is 0.136. The summed E-state index contributed by atoms with van der Waals surface area (Å²) in [4.78, 5) is 27.8. The van der Waals surface area contributed by atoms with Gasteiger partial charge in [0.1, 0.15) is 17.1 Å². The third-order valence-corrected chi connectivity index (χ3v) is 5.90. The second kappa shape index (κ2) is 6.45. The number of benzene rings is 1. The average Bonchev–Trinajstić information content (AvgIpc) is 3.47. The normalized spacial score (nSPS) is 29.4. The highest BCUT2D eigenvalue weighted by atomic mass is 16.5. The number of hydrogen-bond acceptors (Lipinski definition) is 6. The van der Waals surface area contributed by atoms with Crippen LogP contribution in [0, 0.1) is 18.8 Å². The third kappa shape index (κ3) is 2.74. The molecule has 8 nitrogen and oxygen atoms in total. The van der Waals surface area contributed by atoms with Crippen LogP contribution in [-0.2, 0) is 20.9 Å². The number of aromatic nitrogens is 1. The highest BCUT2D eigenvalue weighted by Crippen LogP contribution is 2.52. The summed E-state index contributed by atoms with van der Waals surface area (Å²) in [5, 5.41) is 6.91. The number of anilines is 1. The second-order valence-electron chi connectivity index (χ2n) is 7.69. The quantitative estimate of drug-likeness (QED) is 0.773. The Balaban J connectivity index is 1.35. The van der Waals surface area contributed by atoms with Gasteiger partial charge < -0.3 is 19.3 Å². The molecule has 2 aromatic rings. The van der Waals surface area contributed by atoms with Gasteiger partial charge in [0.05, 0.1) is 31.6 Å². The SMILES string of the molecule is COc1cccc(CNC(=O)C2C3C=C[C@@]4(CN(c5cc(C)on5)C(=O)C24)O3)c1. The maximum absolute atomic E-state index is 13.2. The number of fused-ring (bicyclic) bond motifs is 1. The predicted octanol–water partition coefficient (Wildman–Crippen LogP) is 1.59. The van der Waals surface area contributed by atoms with E-state index in [9.17, 15) is 9.59 Å². The molecule has 2 amide bonds. The number of carbonyl (C=O) groups excluding carboxylic acids is 2. The van der Waals surface area contributed by atoms with E-state index in [1.807, 2.05) is 36.4 Å². The number of nitrogens with one attached hydrogen (secondary N) is 1. The fourth-order valence-corrected chi connectivity index (χ4v) is 4.56. The minimum atomic E-state index is -0.785. The fourth-order valence-electron chi connectivity index (χ4n) is 4.56. The van der Waals surface area contributed by atoms with Crippen molar-refractivity contribution in [2.24, 2.45) is 11.8 Å². The first-order chi connectivity index (χ1) is 14.0. The van der Waals surface area contributed by atoms with Crippen molar-refractivity contribution in [3.05, 3.63) is 53.8 Å². The minimum absolute atomic E-state index is 0.160. The van der Waals surface area contributed by atoms with Crippen LogP contribution in [0.25, 0.3) is 0 Å². The zero-order valence-corrected chi connectivity index (χ0v) is 16.1. The highest BCUT2D eigenvalue weighted by molar-refractivity contribution is 6.02. The first kappa shape index (κ1) is 17.9. The molecule has 1 aromatic heterocycles. The molecule has 5 rings (SSSR count). The van der Waals surface area contributed by atoms with Crippen molar-refractivity contribution < 1.29 is 23.6 Å².